The molecule has 1 aliphatic heterocycles. The van der Waals surface area contributed by atoms with Crippen molar-refractivity contribution in [3.8, 4) is 10.8 Å². The van der Waals surface area contributed by atoms with Crippen molar-refractivity contribution in [2.75, 3.05) is 12.4 Å². The molecular formula is C18H17BF5NO5S2. The van der Waals surface area contributed by atoms with Gasteiger partial charge in [0, 0.05) is 22.9 Å². The summed E-state index contributed by atoms with van der Waals surface area (Å²) in [7, 11) is -1.13. The van der Waals surface area contributed by atoms with Crippen molar-refractivity contribution in [2.45, 2.75) is 35.4 Å². The van der Waals surface area contributed by atoms with E-state index in [2.05, 4.69) is 9.97 Å². The van der Waals surface area contributed by atoms with E-state index < -0.39 is 59.1 Å². The maximum Gasteiger partial charge on any atom is 0.708 e. The molecule has 1 saturated heterocycles. The first-order valence-electron chi connectivity index (χ1n) is 9.43. The molecule has 0 saturated carbocycles. The third-order valence-corrected chi connectivity index (χ3v) is 7.14. The maximum absolute atomic E-state index is 14.3. The Hall–Kier alpha value is -2.03. The number of amides is 1. The lowest BCUT2D eigenvalue weighted by atomic mass is 9.85. The number of benzene rings is 1. The molecule has 32 heavy (non-hydrogen) atoms. The summed E-state index contributed by atoms with van der Waals surface area (Å²) in [6.45, 7) is 0.833. The van der Waals surface area contributed by atoms with Crippen molar-refractivity contribution < 1.29 is 47.6 Å². The van der Waals surface area contributed by atoms with Gasteiger partial charge in [-0.05, 0) is 19.4 Å². The molecule has 3 atom stereocenters. The molecule has 2 heterocycles. The fraction of sp³-hybridized carbons (Fsp3) is 0.389. The van der Waals surface area contributed by atoms with Gasteiger partial charge in [0.05, 0.1) is 19.4 Å². The van der Waals surface area contributed by atoms with Crippen LogP contribution in [0.25, 0.3) is 0 Å². The van der Waals surface area contributed by atoms with Crippen molar-refractivity contribution in [2.24, 2.45) is 0 Å². The fourth-order valence-electron chi connectivity index (χ4n) is 3.24. The second-order valence-electron chi connectivity index (χ2n) is 6.99. The predicted molar refractivity (Wildman–Crippen MR) is 110 cm³/mol. The summed E-state index contributed by atoms with van der Waals surface area (Å²) in [6.07, 6.45) is -5.58. The van der Waals surface area contributed by atoms with E-state index in [0.29, 0.717) is 6.07 Å². The van der Waals surface area contributed by atoms with Crippen LogP contribution in [-0.2, 0) is 4.79 Å². The first-order valence-corrected chi connectivity index (χ1v) is 10.6. The van der Waals surface area contributed by atoms with E-state index in [-0.39, 0.29) is 28.1 Å². The Balaban J connectivity index is 2.03. The van der Waals surface area contributed by atoms with Crippen LogP contribution in [-0.4, -0.2) is 46.5 Å². The van der Waals surface area contributed by atoms with E-state index in [4.69, 9.17) is 16.2 Å². The standard InChI is InChI=1S/C18H17BF5NO5S2/c1-17(18(22,23)24)6-10(9-3-4-11(20)13(21)14(9)29-2)15(32-17)16(26)25-8-5-12(31-7-8)30-19(27)28/h3-5,7,10,15,27-28H,6H2,1-2H3,(H,25,26)/t10-,15+,17+/m0/s1/i15D. The molecule has 1 aromatic carbocycles. The van der Waals surface area contributed by atoms with Crippen LogP contribution in [0, 0.1) is 11.6 Å². The second-order valence-corrected chi connectivity index (χ2v) is 9.41. The quantitative estimate of drug-likeness (QED) is 0.414. The minimum absolute atomic E-state index is 0.0163. The number of rotatable bonds is 6. The zero-order valence-electron chi connectivity index (χ0n) is 17.5. The van der Waals surface area contributed by atoms with Crippen molar-refractivity contribution in [1.82, 2.24) is 0 Å². The van der Waals surface area contributed by atoms with Gasteiger partial charge >= 0.3 is 13.5 Å². The number of methoxy groups -OCH3 is 1. The number of thiophene rings is 1. The van der Waals surface area contributed by atoms with Gasteiger partial charge in [0.2, 0.25) is 11.7 Å². The Morgan fingerprint density at radius 3 is 2.66 bits per heavy atom. The highest BCUT2D eigenvalue weighted by Crippen LogP contribution is 2.59. The number of ether oxygens (including phenoxy) is 1. The topological polar surface area (TPSA) is 88.0 Å². The van der Waals surface area contributed by atoms with Gasteiger partial charge in [-0.3, -0.25) is 4.79 Å². The Morgan fingerprint density at radius 2 is 2.06 bits per heavy atom. The molecule has 1 fully saturated rings. The van der Waals surface area contributed by atoms with E-state index in [1.54, 1.807) is 0 Å². The summed E-state index contributed by atoms with van der Waals surface area (Å²) >= 11 is 0.905. The van der Waals surface area contributed by atoms with Gasteiger partial charge in [-0.1, -0.05) is 6.07 Å². The highest BCUT2D eigenvalue weighted by Gasteiger charge is 2.60. The maximum atomic E-state index is 14.3. The summed E-state index contributed by atoms with van der Waals surface area (Å²) in [4.78, 5) is 13.1. The SMILES string of the molecule is [2H][C@@]1(C(=O)Nc2csc(OB(O)O)c2)S[C@@](C)(C(F)(F)F)C[C@H]1c1ccc(F)c(F)c1OC. The predicted octanol–water partition coefficient (Wildman–Crippen LogP) is 3.93. The van der Waals surface area contributed by atoms with Gasteiger partial charge in [-0.15, -0.1) is 23.1 Å². The molecule has 0 spiro atoms. The van der Waals surface area contributed by atoms with Crippen LogP contribution >= 0.6 is 23.1 Å². The number of halogens is 5. The summed E-state index contributed by atoms with van der Waals surface area (Å²) in [5, 5.41) is 18.8. The summed E-state index contributed by atoms with van der Waals surface area (Å²) in [5.74, 6) is -6.08. The monoisotopic (exact) mass is 498 g/mol. The molecule has 0 unspecified atom stereocenters. The first-order chi connectivity index (χ1) is 15.2. The van der Waals surface area contributed by atoms with Crippen LogP contribution < -0.4 is 14.7 Å². The minimum atomic E-state index is -4.81. The van der Waals surface area contributed by atoms with Gasteiger partial charge in [0.25, 0.3) is 0 Å². The van der Waals surface area contributed by atoms with Crippen molar-refractivity contribution in [3.63, 3.8) is 0 Å². The third-order valence-electron chi connectivity index (χ3n) is 4.78. The number of carbonyl (C=O) groups excluding carboxylic acids is 1. The molecule has 174 valence electrons. The van der Waals surface area contributed by atoms with Crippen LogP contribution in [0.2, 0.25) is 0 Å². The number of alkyl halides is 3. The van der Waals surface area contributed by atoms with E-state index in [0.717, 1.165) is 31.4 Å². The molecule has 6 nitrogen and oxygen atoms in total. The highest BCUT2D eigenvalue weighted by atomic mass is 32.2. The van der Waals surface area contributed by atoms with Crippen LogP contribution in [0.1, 0.15) is 26.2 Å². The number of anilines is 1. The number of thioether (sulfide) groups is 1. The minimum Gasteiger partial charge on any atom is -0.504 e. The largest absolute Gasteiger partial charge is 0.708 e. The van der Waals surface area contributed by atoms with Crippen LogP contribution in [0.5, 0.6) is 10.8 Å². The van der Waals surface area contributed by atoms with Crippen LogP contribution in [0.3, 0.4) is 0 Å². The zero-order valence-corrected chi connectivity index (χ0v) is 18.1. The van der Waals surface area contributed by atoms with E-state index in [1.807, 2.05) is 0 Å². The van der Waals surface area contributed by atoms with Crippen LogP contribution in [0.15, 0.2) is 23.6 Å². The smallest absolute Gasteiger partial charge is 0.504 e. The third kappa shape index (κ3) is 4.82. The lowest BCUT2D eigenvalue weighted by molar-refractivity contribution is -0.155. The first kappa shape index (κ1) is 23.1. The molecule has 1 aromatic heterocycles. The highest BCUT2D eigenvalue weighted by molar-refractivity contribution is 8.02. The fourth-order valence-corrected chi connectivity index (χ4v) is 5.29. The summed E-state index contributed by atoms with van der Waals surface area (Å²) in [5.41, 5.74) is -0.218. The van der Waals surface area contributed by atoms with Gasteiger partial charge in [0.1, 0.15) is 4.75 Å². The molecule has 2 aromatic rings. The number of hydrogen-bond acceptors (Lipinski definition) is 7. The number of nitrogens with one attached hydrogen (secondary N) is 1. The zero-order chi connectivity index (χ0) is 24.8. The molecule has 3 rings (SSSR count). The Labute approximate surface area is 189 Å². The molecule has 1 amide bonds. The van der Waals surface area contributed by atoms with Gasteiger partial charge < -0.3 is 24.8 Å². The molecule has 0 aliphatic carbocycles. The lowest BCUT2D eigenvalue weighted by Crippen LogP contribution is -2.37. The Morgan fingerprint density at radius 1 is 1.38 bits per heavy atom. The normalized spacial score (nSPS) is 25.9. The Bertz CT molecular complexity index is 1060. The van der Waals surface area contributed by atoms with E-state index >= 15 is 0 Å². The average Bonchev–Trinajstić information content (AvgIpc) is 3.25. The van der Waals surface area contributed by atoms with Crippen molar-refractivity contribution in [1.29, 1.82) is 0 Å². The van der Waals surface area contributed by atoms with E-state index in [1.165, 1.54) is 11.4 Å². The Kier molecular flexibility index (Phi) is 6.57. The lowest BCUT2D eigenvalue weighted by Gasteiger charge is -2.26. The molecule has 1 aliphatic rings. The number of carbonyl (C=O) groups is 1. The van der Waals surface area contributed by atoms with Gasteiger partial charge in [-0.2, -0.15) is 17.6 Å². The van der Waals surface area contributed by atoms with Gasteiger partial charge in [-0.25, -0.2) is 4.39 Å². The summed E-state index contributed by atoms with van der Waals surface area (Å²) < 4.78 is 85.3. The second kappa shape index (κ2) is 9.08. The summed E-state index contributed by atoms with van der Waals surface area (Å²) in [6, 6.07) is 2.88. The van der Waals surface area contributed by atoms with Crippen LogP contribution in [0.4, 0.5) is 27.6 Å². The molecule has 3 N–H and O–H groups in total. The van der Waals surface area contributed by atoms with E-state index in [9.17, 15) is 26.7 Å². The molecule has 0 bridgehead atoms. The molecule has 0 radical (unpaired) electrons. The van der Waals surface area contributed by atoms with Crippen molar-refractivity contribution >= 4 is 42.0 Å². The van der Waals surface area contributed by atoms with Gasteiger partial charge in [0.15, 0.2) is 16.6 Å². The number of hydrogen-bond donors (Lipinski definition) is 3. The molecular weight excluding hydrogens is 480 g/mol. The molecule has 14 heteroatoms. The average molecular weight is 498 g/mol. The van der Waals surface area contributed by atoms with Crippen molar-refractivity contribution in [3.05, 3.63) is 40.8 Å².